The molecular formula is C16H32N2O. The third kappa shape index (κ3) is 17.4. The topological polar surface area (TPSA) is 45.0 Å². The van der Waals surface area contributed by atoms with Crippen molar-refractivity contribution < 1.29 is 4.74 Å². The summed E-state index contributed by atoms with van der Waals surface area (Å²) in [5.41, 5.74) is 0. The number of hydrogen-bond donors (Lipinski definition) is 1. The Labute approximate surface area is 119 Å². The van der Waals surface area contributed by atoms with E-state index >= 15 is 0 Å². The maximum absolute atomic E-state index is 8.36. The Balaban J connectivity index is 2.94. The molecule has 0 aliphatic rings. The van der Waals surface area contributed by atoms with Crippen LogP contribution in [0.1, 0.15) is 65.2 Å². The molecule has 112 valence electrons. The Bertz CT molecular complexity index is 211. The van der Waals surface area contributed by atoms with Crippen LogP contribution in [-0.2, 0) is 4.74 Å². The third-order valence-corrected chi connectivity index (χ3v) is 3.13. The van der Waals surface area contributed by atoms with Gasteiger partial charge in [-0.15, -0.1) is 0 Å². The van der Waals surface area contributed by atoms with Gasteiger partial charge >= 0.3 is 0 Å². The van der Waals surface area contributed by atoms with E-state index in [1.54, 1.807) is 0 Å². The highest BCUT2D eigenvalue weighted by molar-refractivity contribution is 4.69. The molecule has 0 aliphatic heterocycles. The van der Waals surface area contributed by atoms with Crippen LogP contribution in [0.15, 0.2) is 0 Å². The first kappa shape index (κ1) is 18.4. The van der Waals surface area contributed by atoms with Crippen LogP contribution in [0.5, 0.6) is 0 Å². The zero-order valence-corrected chi connectivity index (χ0v) is 12.9. The van der Waals surface area contributed by atoms with E-state index in [0.29, 0.717) is 6.42 Å². The Hall–Kier alpha value is -0.590. The van der Waals surface area contributed by atoms with Gasteiger partial charge in [-0.25, -0.2) is 0 Å². The molecule has 0 bridgehead atoms. The van der Waals surface area contributed by atoms with E-state index in [4.69, 9.17) is 10.00 Å². The molecule has 0 unspecified atom stereocenters. The van der Waals surface area contributed by atoms with Crippen LogP contribution < -0.4 is 5.32 Å². The fourth-order valence-electron chi connectivity index (χ4n) is 1.96. The van der Waals surface area contributed by atoms with Crippen LogP contribution >= 0.6 is 0 Å². The maximum Gasteiger partial charge on any atom is 0.0635 e. The molecule has 0 fully saturated rings. The van der Waals surface area contributed by atoms with Gasteiger partial charge in [0.2, 0.25) is 0 Å². The Morgan fingerprint density at radius 2 is 1.63 bits per heavy atom. The third-order valence-electron chi connectivity index (χ3n) is 3.13. The normalized spacial score (nSPS) is 10.8. The van der Waals surface area contributed by atoms with E-state index in [1.165, 1.54) is 38.5 Å². The zero-order valence-electron chi connectivity index (χ0n) is 12.9. The summed E-state index contributed by atoms with van der Waals surface area (Å²) in [4.78, 5) is 0. The van der Waals surface area contributed by atoms with Gasteiger partial charge in [0.15, 0.2) is 0 Å². The lowest BCUT2D eigenvalue weighted by atomic mass is 10.0. The van der Waals surface area contributed by atoms with E-state index in [-0.39, 0.29) is 0 Å². The average molecular weight is 268 g/mol. The molecule has 19 heavy (non-hydrogen) atoms. The van der Waals surface area contributed by atoms with Crippen molar-refractivity contribution in [1.82, 2.24) is 5.32 Å². The summed E-state index contributed by atoms with van der Waals surface area (Å²) in [6, 6.07) is 2.12. The van der Waals surface area contributed by atoms with Crippen LogP contribution in [0.3, 0.4) is 0 Å². The maximum atomic E-state index is 8.36. The zero-order chi connectivity index (χ0) is 14.2. The van der Waals surface area contributed by atoms with Crippen LogP contribution in [0.2, 0.25) is 0 Å². The highest BCUT2D eigenvalue weighted by Gasteiger charge is 1.95. The lowest BCUT2D eigenvalue weighted by molar-refractivity contribution is 0.127. The molecule has 0 heterocycles. The fourth-order valence-corrected chi connectivity index (χ4v) is 1.96. The summed E-state index contributed by atoms with van der Waals surface area (Å²) < 4.78 is 5.58. The number of nitriles is 1. The van der Waals surface area contributed by atoms with Crippen molar-refractivity contribution >= 4 is 0 Å². The molecule has 0 spiro atoms. The Morgan fingerprint density at radius 3 is 2.37 bits per heavy atom. The van der Waals surface area contributed by atoms with Gasteiger partial charge in [-0.2, -0.15) is 5.26 Å². The molecule has 1 N–H and O–H groups in total. The molecule has 3 nitrogen and oxygen atoms in total. The van der Waals surface area contributed by atoms with Crippen LogP contribution in [-0.4, -0.2) is 26.3 Å². The van der Waals surface area contributed by atoms with Crippen LogP contribution in [0.4, 0.5) is 0 Å². The van der Waals surface area contributed by atoms with Crippen molar-refractivity contribution in [2.24, 2.45) is 5.92 Å². The molecule has 0 aromatic rings. The molecule has 0 atom stereocenters. The molecular weight excluding hydrogens is 236 g/mol. The van der Waals surface area contributed by atoms with Crippen molar-refractivity contribution in [3.8, 4) is 6.07 Å². The molecule has 0 aromatic carbocycles. The standard InChI is InChI=1S/C16H32N2O/c1-16(2)10-6-4-3-5-7-14-19-15-9-13-18-12-8-11-17/h16,18H,3-10,12-15H2,1-2H3. The summed E-state index contributed by atoms with van der Waals surface area (Å²) in [6.07, 6.45) is 9.62. The van der Waals surface area contributed by atoms with Gasteiger partial charge in [0.25, 0.3) is 0 Å². The summed E-state index contributed by atoms with van der Waals surface area (Å²) in [7, 11) is 0. The minimum atomic E-state index is 0.595. The molecule has 0 aromatic heterocycles. The van der Waals surface area contributed by atoms with Gasteiger partial charge in [0.05, 0.1) is 6.07 Å². The van der Waals surface area contributed by atoms with Crippen molar-refractivity contribution in [3.05, 3.63) is 0 Å². The van der Waals surface area contributed by atoms with Crippen molar-refractivity contribution in [1.29, 1.82) is 5.26 Å². The highest BCUT2D eigenvalue weighted by atomic mass is 16.5. The number of nitrogens with one attached hydrogen (secondary N) is 1. The van der Waals surface area contributed by atoms with E-state index in [9.17, 15) is 0 Å². The number of ether oxygens (including phenoxy) is 1. The molecule has 0 radical (unpaired) electrons. The first-order chi connectivity index (χ1) is 9.27. The summed E-state index contributed by atoms with van der Waals surface area (Å²) in [6.45, 7) is 8.09. The molecule has 0 rings (SSSR count). The molecule has 3 heteroatoms. The van der Waals surface area contributed by atoms with E-state index in [0.717, 1.165) is 38.6 Å². The monoisotopic (exact) mass is 268 g/mol. The van der Waals surface area contributed by atoms with Gasteiger partial charge < -0.3 is 10.1 Å². The van der Waals surface area contributed by atoms with Crippen molar-refractivity contribution in [2.75, 3.05) is 26.3 Å². The molecule has 0 aliphatic carbocycles. The minimum Gasteiger partial charge on any atom is -0.381 e. The van der Waals surface area contributed by atoms with E-state index in [1.807, 2.05) is 0 Å². The average Bonchev–Trinajstić information content (AvgIpc) is 2.39. The second-order valence-electron chi connectivity index (χ2n) is 5.57. The fraction of sp³-hybridized carbons (Fsp3) is 0.938. The predicted octanol–water partition coefficient (Wildman–Crippen LogP) is 3.89. The molecule has 0 saturated carbocycles. The van der Waals surface area contributed by atoms with E-state index < -0.39 is 0 Å². The highest BCUT2D eigenvalue weighted by Crippen LogP contribution is 2.10. The van der Waals surface area contributed by atoms with E-state index in [2.05, 4.69) is 25.2 Å². The van der Waals surface area contributed by atoms with Crippen molar-refractivity contribution in [2.45, 2.75) is 65.2 Å². The SMILES string of the molecule is CC(C)CCCCCCCOCCCNCCC#N. The first-order valence-electron chi connectivity index (χ1n) is 7.92. The quantitative estimate of drug-likeness (QED) is 0.486. The molecule has 0 amide bonds. The van der Waals surface area contributed by atoms with Crippen LogP contribution in [0.25, 0.3) is 0 Å². The Kier molecular flexibility index (Phi) is 15.0. The van der Waals surface area contributed by atoms with Crippen LogP contribution in [0, 0.1) is 17.2 Å². The summed E-state index contributed by atoms with van der Waals surface area (Å²) in [5, 5.41) is 11.6. The van der Waals surface area contributed by atoms with Gasteiger partial charge in [0.1, 0.15) is 0 Å². The lowest BCUT2D eigenvalue weighted by Gasteiger charge is -2.06. The first-order valence-corrected chi connectivity index (χ1v) is 7.92. The largest absolute Gasteiger partial charge is 0.381 e. The van der Waals surface area contributed by atoms with Gasteiger partial charge in [0, 0.05) is 26.2 Å². The number of rotatable bonds is 14. The van der Waals surface area contributed by atoms with Gasteiger partial charge in [-0.3, -0.25) is 0 Å². The smallest absolute Gasteiger partial charge is 0.0635 e. The number of nitrogens with zero attached hydrogens (tertiary/aromatic N) is 1. The van der Waals surface area contributed by atoms with Gasteiger partial charge in [-0.1, -0.05) is 46.0 Å². The van der Waals surface area contributed by atoms with Crippen molar-refractivity contribution in [3.63, 3.8) is 0 Å². The number of unbranched alkanes of at least 4 members (excludes halogenated alkanes) is 4. The summed E-state index contributed by atoms with van der Waals surface area (Å²) in [5.74, 6) is 0.852. The molecule has 0 saturated heterocycles. The van der Waals surface area contributed by atoms with Gasteiger partial charge in [-0.05, 0) is 25.3 Å². The summed E-state index contributed by atoms with van der Waals surface area (Å²) >= 11 is 0. The lowest BCUT2D eigenvalue weighted by Crippen LogP contribution is -2.17. The predicted molar refractivity (Wildman–Crippen MR) is 81.1 cm³/mol. The minimum absolute atomic E-state index is 0.595. The second-order valence-corrected chi connectivity index (χ2v) is 5.57. The Morgan fingerprint density at radius 1 is 0.947 bits per heavy atom. The number of hydrogen-bond acceptors (Lipinski definition) is 3. The second kappa shape index (κ2) is 15.5.